The summed E-state index contributed by atoms with van der Waals surface area (Å²) in [5.41, 5.74) is 4.75. The molecule has 1 aromatic rings. The minimum atomic E-state index is 0.109. The van der Waals surface area contributed by atoms with Crippen LogP contribution in [0.5, 0.6) is 0 Å². The van der Waals surface area contributed by atoms with Crippen molar-refractivity contribution < 1.29 is 9.59 Å². The predicted octanol–water partition coefficient (Wildman–Crippen LogP) is 6.72. The number of rotatable bonds is 9. The lowest BCUT2D eigenvalue weighted by Gasteiger charge is -2.25. The van der Waals surface area contributed by atoms with Crippen LogP contribution in [0.25, 0.3) is 0 Å². The van der Waals surface area contributed by atoms with Crippen LogP contribution >= 0.6 is 0 Å². The van der Waals surface area contributed by atoms with E-state index in [-0.39, 0.29) is 29.3 Å². The first-order chi connectivity index (χ1) is 13.4. The van der Waals surface area contributed by atoms with Crippen molar-refractivity contribution >= 4 is 11.6 Å². The highest BCUT2D eigenvalue weighted by Crippen LogP contribution is 2.46. The van der Waals surface area contributed by atoms with Crippen molar-refractivity contribution in [3.63, 3.8) is 0 Å². The van der Waals surface area contributed by atoms with E-state index in [1.807, 2.05) is 6.92 Å². The molecule has 0 amide bonds. The van der Waals surface area contributed by atoms with Gasteiger partial charge in [-0.3, -0.25) is 9.59 Å². The molecule has 0 aromatic heterocycles. The van der Waals surface area contributed by atoms with Gasteiger partial charge in [-0.25, -0.2) is 0 Å². The Morgan fingerprint density at radius 1 is 1.14 bits per heavy atom. The van der Waals surface area contributed by atoms with Crippen molar-refractivity contribution in [3.8, 4) is 0 Å². The lowest BCUT2D eigenvalue weighted by molar-refractivity contribution is -0.129. The maximum atomic E-state index is 12.5. The second-order valence-electron chi connectivity index (χ2n) is 9.87. The summed E-state index contributed by atoms with van der Waals surface area (Å²) in [7, 11) is 0. The molecule has 1 aromatic carbocycles. The van der Waals surface area contributed by atoms with E-state index in [0.717, 1.165) is 44.4 Å². The van der Waals surface area contributed by atoms with Crippen molar-refractivity contribution in [2.24, 2.45) is 11.3 Å². The Balaban J connectivity index is 1.59. The molecule has 0 N–H and O–H groups in total. The van der Waals surface area contributed by atoms with Gasteiger partial charge in [0.15, 0.2) is 0 Å². The Kier molecular flexibility index (Phi) is 7.12. The van der Waals surface area contributed by atoms with Gasteiger partial charge in [0.25, 0.3) is 0 Å². The molecule has 0 saturated heterocycles. The number of hydrogen-bond acceptors (Lipinski definition) is 2. The summed E-state index contributed by atoms with van der Waals surface area (Å²) in [6.45, 7) is 6.56. The fourth-order valence-electron chi connectivity index (χ4n) is 5.52. The first kappa shape index (κ1) is 21.3. The molecule has 2 aliphatic carbocycles. The maximum Gasteiger partial charge on any atom is 0.143 e. The quantitative estimate of drug-likeness (QED) is 0.444. The fraction of sp³-hybridized carbons (Fsp3) is 0.692. The van der Waals surface area contributed by atoms with Crippen LogP contribution in [0.2, 0.25) is 0 Å². The minimum Gasteiger partial charge on any atom is -0.299 e. The number of carbonyl (C=O) groups is 2. The van der Waals surface area contributed by atoms with Gasteiger partial charge in [-0.15, -0.1) is 0 Å². The molecule has 0 heterocycles. The van der Waals surface area contributed by atoms with Gasteiger partial charge in [0.2, 0.25) is 0 Å². The molecule has 2 heteroatoms. The van der Waals surface area contributed by atoms with E-state index >= 15 is 0 Å². The summed E-state index contributed by atoms with van der Waals surface area (Å²) in [6, 6.07) is 7.04. The maximum absolute atomic E-state index is 12.5. The number of Topliss-reactive ketones (excluding diaryl/α,β-unsaturated/α-hetero) is 2. The van der Waals surface area contributed by atoms with Crippen molar-refractivity contribution in [2.75, 3.05) is 0 Å². The van der Waals surface area contributed by atoms with Gasteiger partial charge in [0, 0.05) is 12.3 Å². The zero-order valence-electron chi connectivity index (χ0n) is 18.2. The van der Waals surface area contributed by atoms with Gasteiger partial charge >= 0.3 is 0 Å². The van der Waals surface area contributed by atoms with E-state index in [4.69, 9.17) is 0 Å². The monoisotopic (exact) mass is 382 g/mol. The minimum absolute atomic E-state index is 0.109. The smallest absolute Gasteiger partial charge is 0.143 e. The van der Waals surface area contributed by atoms with Gasteiger partial charge in [-0.2, -0.15) is 0 Å². The lowest BCUT2D eigenvalue weighted by Crippen LogP contribution is -2.19. The molecule has 154 valence electrons. The predicted molar refractivity (Wildman–Crippen MR) is 116 cm³/mol. The van der Waals surface area contributed by atoms with Gasteiger partial charge in [-0.05, 0) is 80.8 Å². The summed E-state index contributed by atoms with van der Waals surface area (Å²) in [5.74, 6) is 1.19. The Hall–Kier alpha value is -1.44. The summed E-state index contributed by atoms with van der Waals surface area (Å²) in [6.07, 6.45) is 12.3. The zero-order chi connectivity index (χ0) is 20.1. The summed E-state index contributed by atoms with van der Waals surface area (Å²) in [4.78, 5) is 24.4. The first-order valence-corrected chi connectivity index (χ1v) is 11.5. The molecule has 0 bridgehead atoms. The van der Waals surface area contributed by atoms with E-state index < -0.39 is 0 Å². The number of hydrogen-bond donors (Lipinski definition) is 0. The summed E-state index contributed by atoms with van der Waals surface area (Å²) in [5, 5.41) is 0. The van der Waals surface area contributed by atoms with Gasteiger partial charge in [0.05, 0.1) is 6.42 Å². The number of ketones is 2. The van der Waals surface area contributed by atoms with Crippen molar-refractivity contribution in [1.82, 2.24) is 0 Å². The van der Waals surface area contributed by atoms with Crippen LogP contribution in [0.3, 0.4) is 0 Å². The van der Waals surface area contributed by atoms with Gasteiger partial charge in [0.1, 0.15) is 11.6 Å². The Bertz CT molecular complexity index is 698. The van der Waals surface area contributed by atoms with Crippen LogP contribution in [-0.2, 0) is 16.0 Å². The normalized spacial score (nSPS) is 25.3. The van der Waals surface area contributed by atoms with Crippen LogP contribution < -0.4 is 0 Å². The zero-order valence-corrected chi connectivity index (χ0v) is 18.2. The average molecular weight is 383 g/mol. The van der Waals surface area contributed by atoms with Crippen LogP contribution in [-0.4, -0.2) is 11.6 Å². The number of aryl methyl sites for hydroxylation is 2. The molecular formula is C26H38O2. The van der Waals surface area contributed by atoms with Crippen LogP contribution in [0.15, 0.2) is 18.2 Å². The Morgan fingerprint density at radius 2 is 1.89 bits per heavy atom. The largest absolute Gasteiger partial charge is 0.299 e. The molecule has 0 radical (unpaired) electrons. The van der Waals surface area contributed by atoms with Gasteiger partial charge < -0.3 is 0 Å². The van der Waals surface area contributed by atoms with E-state index in [1.54, 1.807) is 5.56 Å². The highest BCUT2D eigenvalue weighted by molar-refractivity contribution is 6.00. The average Bonchev–Trinajstić information content (AvgIpc) is 3.31. The molecule has 2 fully saturated rings. The molecule has 3 rings (SSSR count). The Labute approximate surface area is 171 Å². The van der Waals surface area contributed by atoms with Crippen LogP contribution in [0, 0.1) is 18.3 Å². The second-order valence-corrected chi connectivity index (χ2v) is 9.87. The molecular weight excluding hydrogens is 344 g/mol. The number of carbonyl (C=O) groups excluding carboxylic acids is 2. The van der Waals surface area contributed by atoms with Crippen LogP contribution in [0.4, 0.5) is 0 Å². The van der Waals surface area contributed by atoms with E-state index in [1.165, 1.54) is 36.8 Å². The summed E-state index contributed by atoms with van der Waals surface area (Å²) < 4.78 is 0. The first-order valence-electron chi connectivity index (χ1n) is 11.5. The molecule has 2 aliphatic rings. The molecule has 0 spiro atoms. The molecule has 0 aliphatic heterocycles. The standard InChI is InChI=1S/C26H38O2/c1-4-7-23(27)17-25(28)22-13-15-26(3,18-22)14-12-21-11-10-19(2)16-24(21)20-8-5-6-9-20/h10-11,16,20,22H,4-9,12-15,17-18H2,1-3H3. The van der Waals surface area contributed by atoms with Crippen molar-refractivity contribution in [2.45, 2.75) is 104 Å². The second kappa shape index (κ2) is 9.37. The highest BCUT2D eigenvalue weighted by atomic mass is 16.1. The third kappa shape index (κ3) is 5.33. The van der Waals surface area contributed by atoms with E-state index in [2.05, 4.69) is 32.0 Å². The van der Waals surface area contributed by atoms with E-state index in [0.29, 0.717) is 6.42 Å². The van der Waals surface area contributed by atoms with Crippen LogP contribution in [0.1, 0.15) is 107 Å². The highest BCUT2D eigenvalue weighted by Gasteiger charge is 2.38. The van der Waals surface area contributed by atoms with E-state index in [9.17, 15) is 9.59 Å². The topological polar surface area (TPSA) is 34.1 Å². The fourth-order valence-corrected chi connectivity index (χ4v) is 5.52. The third-order valence-electron chi connectivity index (χ3n) is 7.29. The SMILES string of the molecule is CCCC(=O)CC(=O)C1CCC(C)(CCc2ccc(C)cc2C2CCCC2)C1. The third-order valence-corrected chi connectivity index (χ3v) is 7.29. The summed E-state index contributed by atoms with van der Waals surface area (Å²) >= 11 is 0. The van der Waals surface area contributed by atoms with Crippen molar-refractivity contribution in [3.05, 3.63) is 34.9 Å². The number of benzene rings is 1. The Morgan fingerprint density at radius 3 is 2.61 bits per heavy atom. The molecule has 2 unspecified atom stereocenters. The molecule has 2 saturated carbocycles. The molecule has 2 atom stereocenters. The molecule has 2 nitrogen and oxygen atoms in total. The lowest BCUT2D eigenvalue weighted by atomic mass is 9.79. The van der Waals surface area contributed by atoms with Gasteiger partial charge in [-0.1, -0.05) is 50.5 Å². The molecule has 28 heavy (non-hydrogen) atoms. The van der Waals surface area contributed by atoms with Crippen molar-refractivity contribution in [1.29, 1.82) is 0 Å².